The highest BCUT2D eigenvalue weighted by atomic mass is 15.1. The monoisotopic (exact) mass is 231 g/mol. The lowest BCUT2D eigenvalue weighted by Gasteiger charge is -2.33. The molecule has 17 heavy (non-hydrogen) atoms. The van der Waals surface area contributed by atoms with E-state index in [1.807, 2.05) is 0 Å². The van der Waals surface area contributed by atoms with Gasteiger partial charge in [-0.05, 0) is 49.8 Å². The first-order chi connectivity index (χ1) is 8.25. The van der Waals surface area contributed by atoms with Crippen molar-refractivity contribution in [3.8, 4) is 0 Å². The molecule has 94 valence electrons. The van der Waals surface area contributed by atoms with Crippen LogP contribution in [0, 0.1) is 11.8 Å². The number of nitrogens with zero attached hydrogens (tertiary/aromatic N) is 1. The third kappa shape index (κ3) is 3.85. The molecular weight excluding hydrogens is 206 g/mol. The summed E-state index contributed by atoms with van der Waals surface area (Å²) in [5.74, 6) is 1.83. The van der Waals surface area contributed by atoms with Crippen LogP contribution in [0.1, 0.15) is 32.3 Å². The normalized spacial score (nSPS) is 18.8. The second-order valence-corrected chi connectivity index (χ2v) is 5.66. The fourth-order valence-corrected chi connectivity index (χ4v) is 2.78. The van der Waals surface area contributed by atoms with E-state index in [4.69, 9.17) is 0 Å². The van der Waals surface area contributed by atoms with Crippen LogP contribution in [0.25, 0.3) is 0 Å². The van der Waals surface area contributed by atoms with Crippen LogP contribution in [0.2, 0.25) is 0 Å². The first-order valence-corrected chi connectivity index (χ1v) is 7.02. The van der Waals surface area contributed by atoms with Gasteiger partial charge in [0, 0.05) is 6.54 Å². The minimum Gasteiger partial charge on any atom is -0.303 e. The Morgan fingerprint density at radius 1 is 1.12 bits per heavy atom. The first kappa shape index (κ1) is 12.6. The molecule has 0 N–H and O–H groups in total. The van der Waals surface area contributed by atoms with Crippen LogP contribution in [-0.2, 0) is 6.42 Å². The van der Waals surface area contributed by atoms with Crippen LogP contribution >= 0.6 is 0 Å². The Morgan fingerprint density at radius 3 is 2.35 bits per heavy atom. The van der Waals surface area contributed by atoms with Crippen molar-refractivity contribution < 1.29 is 0 Å². The van der Waals surface area contributed by atoms with Crippen LogP contribution in [0.4, 0.5) is 0 Å². The maximum absolute atomic E-state index is 2.63. The van der Waals surface area contributed by atoms with Crippen molar-refractivity contribution in [2.45, 2.75) is 33.1 Å². The molecule has 0 unspecified atom stereocenters. The summed E-state index contributed by atoms with van der Waals surface area (Å²) in [6.07, 6.45) is 3.99. The van der Waals surface area contributed by atoms with Crippen molar-refractivity contribution >= 4 is 0 Å². The van der Waals surface area contributed by atoms with Crippen LogP contribution < -0.4 is 0 Å². The van der Waals surface area contributed by atoms with Gasteiger partial charge < -0.3 is 4.90 Å². The zero-order chi connectivity index (χ0) is 12.1. The van der Waals surface area contributed by atoms with Gasteiger partial charge in [-0.2, -0.15) is 0 Å². The van der Waals surface area contributed by atoms with Gasteiger partial charge in [-0.15, -0.1) is 0 Å². The fraction of sp³-hybridized carbons (Fsp3) is 0.625. The molecule has 1 nitrogen and oxygen atoms in total. The van der Waals surface area contributed by atoms with Crippen LogP contribution in [0.5, 0.6) is 0 Å². The van der Waals surface area contributed by atoms with Crippen molar-refractivity contribution in [2.75, 3.05) is 19.6 Å². The molecule has 1 aliphatic heterocycles. The number of hydrogen-bond acceptors (Lipinski definition) is 1. The van der Waals surface area contributed by atoms with Crippen LogP contribution in [0.15, 0.2) is 30.3 Å². The summed E-state index contributed by atoms with van der Waals surface area (Å²) < 4.78 is 0. The molecule has 1 aromatic carbocycles. The van der Waals surface area contributed by atoms with Gasteiger partial charge in [0.05, 0.1) is 0 Å². The van der Waals surface area contributed by atoms with Gasteiger partial charge in [0.25, 0.3) is 0 Å². The molecule has 0 spiro atoms. The number of benzene rings is 1. The number of piperidine rings is 1. The van der Waals surface area contributed by atoms with Crippen molar-refractivity contribution in [3.63, 3.8) is 0 Å². The van der Waals surface area contributed by atoms with E-state index in [-0.39, 0.29) is 0 Å². The highest BCUT2D eigenvalue weighted by Crippen LogP contribution is 2.24. The molecule has 0 aromatic heterocycles. The summed E-state index contributed by atoms with van der Waals surface area (Å²) in [5.41, 5.74) is 1.47. The van der Waals surface area contributed by atoms with Crippen LogP contribution in [-0.4, -0.2) is 24.5 Å². The van der Waals surface area contributed by atoms with E-state index < -0.39 is 0 Å². The Hall–Kier alpha value is -0.820. The average Bonchev–Trinajstić information content (AvgIpc) is 2.38. The molecule has 0 amide bonds. The summed E-state index contributed by atoms with van der Waals surface area (Å²) in [5, 5.41) is 0. The lowest BCUT2D eigenvalue weighted by atomic mass is 9.86. The quantitative estimate of drug-likeness (QED) is 0.765. The lowest BCUT2D eigenvalue weighted by molar-refractivity contribution is 0.159. The maximum atomic E-state index is 2.63. The molecule has 1 aromatic rings. The second kappa shape index (κ2) is 6.20. The smallest absolute Gasteiger partial charge is 0.00218 e. The molecule has 0 bridgehead atoms. The highest BCUT2D eigenvalue weighted by molar-refractivity contribution is 5.14. The Balaban J connectivity index is 1.72. The minimum absolute atomic E-state index is 0.867. The molecule has 2 rings (SSSR count). The molecule has 0 radical (unpaired) electrons. The highest BCUT2D eigenvalue weighted by Gasteiger charge is 2.20. The first-order valence-electron chi connectivity index (χ1n) is 7.02. The topological polar surface area (TPSA) is 3.24 Å². The van der Waals surface area contributed by atoms with Crippen molar-refractivity contribution in [3.05, 3.63) is 35.9 Å². The molecule has 0 aliphatic carbocycles. The third-order valence-corrected chi connectivity index (χ3v) is 4.13. The van der Waals surface area contributed by atoms with E-state index in [1.54, 1.807) is 0 Å². The summed E-state index contributed by atoms with van der Waals surface area (Å²) in [4.78, 5) is 2.63. The molecule has 1 fully saturated rings. The molecule has 1 aliphatic rings. The van der Waals surface area contributed by atoms with Gasteiger partial charge in [0.2, 0.25) is 0 Å². The van der Waals surface area contributed by atoms with Crippen molar-refractivity contribution in [1.82, 2.24) is 4.90 Å². The number of rotatable bonds is 4. The number of likely N-dealkylation sites (tertiary alicyclic amines) is 1. The number of hydrogen-bond donors (Lipinski definition) is 0. The van der Waals surface area contributed by atoms with E-state index >= 15 is 0 Å². The lowest BCUT2D eigenvalue weighted by Crippen LogP contribution is -2.36. The van der Waals surface area contributed by atoms with Crippen molar-refractivity contribution in [1.29, 1.82) is 0 Å². The van der Waals surface area contributed by atoms with Gasteiger partial charge in [-0.3, -0.25) is 0 Å². The maximum Gasteiger partial charge on any atom is 0.00218 e. The Kier molecular flexibility index (Phi) is 4.61. The Labute approximate surface area is 106 Å². The van der Waals surface area contributed by atoms with E-state index in [0.29, 0.717) is 0 Å². The zero-order valence-corrected chi connectivity index (χ0v) is 11.2. The third-order valence-electron chi connectivity index (χ3n) is 4.13. The van der Waals surface area contributed by atoms with Gasteiger partial charge in [0.1, 0.15) is 0 Å². The van der Waals surface area contributed by atoms with E-state index in [0.717, 1.165) is 11.8 Å². The van der Waals surface area contributed by atoms with E-state index in [9.17, 15) is 0 Å². The average molecular weight is 231 g/mol. The molecular formula is C16H25N. The summed E-state index contributed by atoms with van der Waals surface area (Å²) in [6.45, 7) is 8.56. The van der Waals surface area contributed by atoms with E-state index in [1.165, 1.54) is 44.5 Å². The Morgan fingerprint density at radius 2 is 1.76 bits per heavy atom. The molecule has 1 heterocycles. The molecule has 0 atom stereocenters. The summed E-state index contributed by atoms with van der Waals surface area (Å²) in [7, 11) is 0. The molecule has 1 heteroatoms. The van der Waals surface area contributed by atoms with Gasteiger partial charge in [-0.1, -0.05) is 44.2 Å². The van der Waals surface area contributed by atoms with E-state index in [2.05, 4.69) is 49.1 Å². The second-order valence-electron chi connectivity index (χ2n) is 5.66. The summed E-state index contributed by atoms with van der Waals surface area (Å²) in [6, 6.07) is 10.8. The van der Waals surface area contributed by atoms with Crippen molar-refractivity contribution in [2.24, 2.45) is 11.8 Å². The van der Waals surface area contributed by atoms with Gasteiger partial charge >= 0.3 is 0 Å². The van der Waals surface area contributed by atoms with Gasteiger partial charge in [0.15, 0.2) is 0 Å². The zero-order valence-electron chi connectivity index (χ0n) is 11.2. The predicted molar refractivity (Wildman–Crippen MR) is 74.1 cm³/mol. The van der Waals surface area contributed by atoms with Crippen LogP contribution in [0.3, 0.4) is 0 Å². The predicted octanol–water partition coefficient (Wildman–Crippen LogP) is 3.60. The molecule has 1 saturated heterocycles. The SMILES string of the molecule is CC(C)C1CCN(CCc2ccccc2)CC1. The summed E-state index contributed by atoms with van der Waals surface area (Å²) >= 11 is 0. The Bertz CT molecular complexity index is 310. The fourth-order valence-electron chi connectivity index (χ4n) is 2.78. The largest absolute Gasteiger partial charge is 0.303 e. The standard InChI is InChI=1S/C16H25N/c1-14(2)16-9-12-17(13-10-16)11-8-15-6-4-3-5-7-15/h3-7,14,16H,8-13H2,1-2H3. The molecule has 0 saturated carbocycles. The van der Waals surface area contributed by atoms with Gasteiger partial charge in [-0.25, -0.2) is 0 Å². The minimum atomic E-state index is 0.867.